The van der Waals surface area contributed by atoms with Crippen LogP contribution in [-0.2, 0) is 0 Å². The van der Waals surface area contributed by atoms with Crippen molar-refractivity contribution < 1.29 is 5.11 Å². The summed E-state index contributed by atoms with van der Waals surface area (Å²) >= 11 is 0. The molecule has 1 saturated carbocycles. The lowest BCUT2D eigenvalue weighted by Crippen LogP contribution is -2.51. The molecule has 0 aliphatic heterocycles. The first-order valence-corrected chi connectivity index (χ1v) is 8.37. The summed E-state index contributed by atoms with van der Waals surface area (Å²) in [7, 11) is 2.15. The van der Waals surface area contributed by atoms with Gasteiger partial charge in [0.1, 0.15) is 0 Å². The first-order chi connectivity index (χ1) is 9.31. The Morgan fingerprint density at radius 2 is 1.95 bits per heavy atom. The van der Waals surface area contributed by atoms with Gasteiger partial charge < -0.3 is 10.4 Å². The zero-order valence-corrected chi connectivity index (χ0v) is 14.4. The molecule has 3 atom stereocenters. The van der Waals surface area contributed by atoms with Crippen LogP contribution in [0.3, 0.4) is 0 Å². The first kappa shape index (κ1) is 17.9. The van der Waals surface area contributed by atoms with Gasteiger partial charge in [0.25, 0.3) is 0 Å². The van der Waals surface area contributed by atoms with Crippen LogP contribution in [0, 0.1) is 17.8 Å². The SMILES string of the molecule is CCNC1CCC(C(C)C)CC1CN(C)C(C)(C)CO. The fourth-order valence-corrected chi connectivity index (χ4v) is 3.36. The molecule has 0 saturated heterocycles. The number of aliphatic hydroxyl groups excluding tert-OH is 1. The third-order valence-electron chi connectivity index (χ3n) is 5.36. The maximum absolute atomic E-state index is 9.55. The van der Waals surface area contributed by atoms with Gasteiger partial charge in [-0.3, -0.25) is 4.90 Å². The average Bonchev–Trinajstić information content (AvgIpc) is 2.40. The maximum atomic E-state index is 9.55. The molecule has 1 rings (SSSR count). The van der Waals surface area contributed by atoms with Crippen molar-refractivity contribution in [1.82, 2.24) is 10.2 Å². The molecule has 3 nitrogen and oxygen atoms in total. The van der Waals surface area contributed by atoms with Gasteiger partial charge >= 0.3 is 0 Å². The Morgan fingerprint density at radius 3 is 2.45 bits per heavy atom. The van der Waals surface area contributed by atoms with Crippen LogP contribution in [0.15, 0.2) is 0 Å². The number of nitrogens with one attached hydrogen (secondary N) is 1. The van der Waals surface area contributed by atoms with E-state index in [1.807, 2.05) is 0 Å². The molecular formula is C17H36N2O. The predicted octanol–water partition coefficient (Wildman–Crippen LogP) is 2.74. The zero-order valence-electron chi connectivity index (χ0n) is 14.4. The van der Waals surface area contributed by atoms with Gasteiger partial charge in [-0.1, -0.05) is 20.8 Å². The summed E-state index contributed by atoms with van der Waals surface area (Å²) in [5.74, 6) is 2.35. The van der Waals surface area contributed by atoms with Crippen molar-refractivity contribution in [3.8, 4) is 0 Å². The smallest absolute Gasteiger partial charge is 0.0609 e. The van der Waals surface area contributed by atoms with Crippen molar-refractivity contribution in [2.45, 2.75) is 65.5 Å². The second kappa shape index (κ2) is 7.77. The second-order valence-corrected chi connectivity index (χ2v) is 7.59. The van der Waals surface area contributed by atoms with Gasteiger partial charge in [-0.2, -0.15) is 0 Å². The monoisotopic (exact) mass is 284 g/mol. The Bertz CT molecular complexity index is 278. The molecule has 0 aromatic heterocycles. The van der Waals surface area contributed by atoms with Crippen LogP contribution in [-0.4, -0.2) is 48.3 Å². The van der Waals surface area contributed by atoms with Crippen molar-refractivity contribution in [3.05, 3.63) is 0 Å². The Labute approximate surface area is 126 Å². The van der Waals surface area contributed by atoms with E-state index >= 15 is 0 Å². The van der Waals surface area contributed by atoms with Gasteiger partial charge in [0.2, 0.25) is 0 Å². The number of likely N-dealkylation sites (N-methyl/N-ethyl adjacent to an activating group) is 1. The van der Waals surface area contributed by atoms with Gasteiger partial charge in [-0.05, 0) is 64.5 Å². The summed E-state index contributed by atoms with van der Waals surface area (Å²) in [6.07, 6.45) is 3.98. The molecule has 0 amide bonds. The van der Waals surface area contributed by atoms with E-state index in [-0.39, 0.29) is 12.1 Å². The van der Waals surface area contributed by atoms with E-state index < -0.39 is 0 Å². The lowest BCUT2D eigenvalue weighted by Gasteiger charge is -2.43. The van der Waals surface area contributed by atoms with E-state index in [4.69, 9.17) is 0 Å². The molecule has 20 heavy (non-hydrogen) atoms. The highest BCUT2D eigenvalue weighted by Crippen LogP contribution is 2.35. The minimum Gasteiger partial charge on any atom is -0.394 e. The Kier molecular flexibility index (Phi) is 6.96. The lowest BCUT2D eigenvalue weighted by atomic mass is 9.73. The van der Waals surface area contributed by atoms with Crippen LogP contribution < -0.4 is 5.32 Å². The minimum atomic E-state index is -0.123. The second-order valence-electron chi connectivity index (χ2n) is 7.59. The van der Waals surface area contributed by atoms with E-state index in [1.54, 1.807) is 0 Å². The van der Waals surface area contributed by atoms with Gasteiger partial charge in [0.15, 0.2) is 0 Å². The van der Waals surface area contributed by atoms with Gasteiger partial charge in [-0.25, -0.2) is 0 Å². The summed E-state index contributed by atoms with van der Waals surface area (Å²) in [6, 6.07) is 0.645. The van der Waals surface area contributed by atoms with Crippen LogP contribution in [0.4, 0.5) is 0 Å². The molecule has 0 aromatic rings. The van der Waals surface area contributed by atoms with E-state index in [2.05, 4.69) is 51.9 Å². The molecule has 0 bridgehead atoms. The fourth-order valence-electron chi connectivity index (χ4n) is 3.36. The molecule has 3 heteroatoms. The van der Waals surface area contributed by atoms with Crippen LogP contribution in [0.1, 0.15) is 53.9 Å². The highest BCUT2D eigenvalue weighted by molar-refractivity contribution is 4.89. The first-order valence-electron chi connectivity index (χ1n) is 8.37. The molecule has 0 heterocycles. The van der Waals surface area contributed by atoms with E-state index in [1.165, 1.54) is 19.3 Å². The van der Waals surface area contributed by atoms with Crippen LogP contribution in [0.25, 0.3) is 0 Å². The number of rotatable bonds is 7. The maximum Gasteiger partial charge on any atom is 0.0609 e. The molecule has 3 unspecified atom stereocenters. The van der Waals surface area contributed by atoms with E-state index in [9.17, 15) is 5.11 Å². The molecule has 0 spiro atoms. The van der Waals surface area contributed by atoms with Gasteiger partial charge in [0, 0.05) is 18.1 Å². The highest BCUT2D eigenvalue weighted by Gasteiger charge is 2.34. The average molecular weight is 284 g/mol. The number of hydrogen-bond acceptors (Lipinski definition) is 3. The van der Waals surface area contributed by atoms with E-state index in [0.717, 1.165) is 24.9 Å². The van der Waals surface area contributed by atoms with Gasteiger partial charge in [0.05, 0.1) is 6.61 Å². The molecule has 1 aliphatic rings. The molecule has 1 aliphatic carbocycles. The van der Waals surface area contributed by atoms with Crippen LogP contribution in [0.5, 0.6) is 0 Å². The molecule has 1 fully saturated rings. The van der Waals surface area contributed by atoms with Crippen LogP contribution in [0.2, 0.25) is 0 Å². The Morgan fingerprint density at radius 1 is 1.30 bits per heavy atom. The summed E-state index contributed by atoms with van der Waals surface area (Å²) in [4.78, 5) is 2.34. The molecule has 0 radical (unpaired) electrons. The summed E-state index contributed by atoms with van der Waals surface area (Å²) < 4.78 is 0. The molecular weight excluding hydrogens is 248 g/mol. The number of nitrogens with zero attached hydrogens (tertiary/aromatic N) is 1. The number of hydrogen-bond donors (Lipinski definition) is 2. The summed E-state index contributed by atoms with van der Waals surface area (Å²) in [5.41, 5.74) is -0.123. The molecule has 120 valence electrons. The van der Waals surface area contributed by atoms with Crippen LogP contribution >= 0.6 is 0 Å². The summed E-state index contributed by atoms with van der Waals surface area (Å²) in [6.45, 7) is 13.5. The predicted molar refractivity (Wildman–Crippen MR) is 86.9 cm³/mol. The van der Waals surface area contributed by atoms with Crippen molar-refractivity contribution in [2.24, 2.45) is 17.8 Å². The fraction of sp³-hybridized carbons (Fsp3) is 1.00. The minimum absolute atomic E-state index is 0.123. The molecule has 2 N–H and O–H groups in total. The van der Waals surface area contributed by atoms with Gasteiger partial charge in [-0.15, -0.1) is 0 Å². The Hall–Kier alpha value is -0.120. The normalized spacial score (nSPS) is 28.4. The largest absolute Gasteiger partial charge is 0.394 e. The Balaban J connectivity index is 2.69. The molecule has 0 aromatic carbocycles. The number of aliphatic hydroxyl groups is 1. The zero-order chi connectivity index (χ0) is 15.3. The van der Waals surface area contributed by atoms with Crippen molar-refractivity contribution in [1.29, 1.82) is 0 Å². The van der Waals surface area contributed by atoms with E-state index in [0.29, 0.717) is 12.0 Å². The highest BCUT2D eigenvalue weighted by atomic mass is 16.3. The van der Waals surface area contributed by atoms with Crippen molar-refractivity contribution in [3.63, 3.8) is 0 Å². The quantitative estimate of drug-likeness (QED) is 0.754. The third-order valence-corrected chi connectivity index (χ3v) is 5.36. The lowest BCUT2D eigenvalue weighted by molar-refractivity contribution is 0.0443. The topological polar surface area (TPSA) is 35.5 Å². The van der Waals surface area contributed by atoms with Crippen molar-refractivity contribution in [2.75, 3.05) is 26.7 Å². The summed E-state index contributed by atoms with van der Waals surface area (Å²) in [5, 5.41) is 13.2. The standard InChI is InChI=1S/C17H36N2O/c1-7-18-16-9-8-14(13(2)3)10-15(16)11-19(6)17(4,5)12-20/h13-16,18,20H,7-12H2,1-6H3. The van der Waals surface area contributed by atoms with Crippen molar-refractivity contribution >= 4 is 0 Å². The third kappa shape index (κ3) is 4.71.